The molecule has 0 atom stereocenters. The molecule has 1 aromatic heterocycles. The highest BCUT2D eigenvalue weighted by molar-refractivity contribution is 7.99. The van der Waals surface area contributed by atoms with Crippen molar-refractivity contribution in [1.29, 1.82) is 0 Å². The number of nitrogens with zero attached hydrogens (tertiary/aromatic N) is 2. The second kappa shape index (κ2) is 8.38. The minimum absolute atomic E-state index is 0.0774. The van der Waals surface area contributed by atoms with E-state index in [0.717, 1.165) is 6.42 Å². The lowest BCUT2D eigenvalue weighted by Gasteiger charge is -2.12. The quantitative estimate of drug-likeness (QED) is 0.508. The number of nitrogens with one attached hydrogen (secondary N) is 1. The molecule has 26 heavy (non-hydrogen) atoms. The van der Waals surface area contributed by atoms with Crippen molar-refractivity contribution in [2.75, 3.05) is 11.1 Å². The molecule has 0 bridgehead atoms. The van der Waals surface area contributed by atoms with Crippen molar-refractivity contribution in [2.24, 2.45) is 0 Å². The lowest BCUT2D eigenvalue weighted by atomic mass is 10.2. The van der Waals surface area contributed by atoms with Gasteiger partial charge in [0.05, 0.1) is 27.4 Å². The van der Waals surface area contributed by atoms with Gasteiger partial charge in [0.2, 0.25) is 5.91 Å². The third kappa shape index (κ3) is 4.08. The molecular formula is C19H18ClN3O2S. The fraction of sp³-hybridized carbons (Fsp3) is 0.211. The van der Waals surface area contributed by atoms with Crippen molar-refractivity contribution in [2.45, 2.75) is 25.0 Å². The van der Waals surface area contributed by atoms with Gasteiger partial charge in [0, 0.05) is 6.54 Å². The molecule has 1 heterocycles. The van der Waals surface area contributed by atoms with Crippen molar-refractivity contribution in [3.8, 4) is 0 Å². The number of halogens is 1. The van der Waals surface area contributed by atoms with Crippen LogP contribution in [0.3, 0.4) is 0 Å². The van der Waals surface area contributed by atoms with Crippen LogP contribution in [0.2, 0.25) is 5.02 Å². The van der Waals surface area contributed by atoms with Crippen LogP contribution in [0.4, 0.5) is 5.69 Å². The van der Waals surface area contributed by atoms with Crippen LogP contribution >= 0.6 is 23.4 Å². The average Bonchev–Trinajstić information content (AvgIpc) is 2.64. The Bertz CT molecular complexity index is 1000. The van der Waals surface area contributed by atoms with Gasteiger partial charge < -0.3 is 5.32 Å². The van der Waals surface area contributed by atoms with Gasteiger partial charge >= 0.3 is 0 Å². The summed E-state index contributed by atoms with van der Waals surface area (Å²) < 4.78 is 1.63. The summed E-state index contributed by atoms with van der Waals surface area (Å²) in [7, 11) is 0. The standard InChI is InChI=1S/C19H18ClN3O2S/c1-2-11-23-18(25)13-7-3-5-9-15(13)22-19(23)26-12-17(24)21-16-10-6-4-8-14(16)20/h3-10H,2,11-12H2,1H3,(H,21,24). The smallest absolute Gasteiger partial charge is 0.262 e. The first kappa shape index (κ1) is 18.5. The maximum Gasteiger partial charge on any atom is 0.262 e. The number of aromatic nitrogens is 2. The van der Waals surface area contributed by atoms with E-state index in [2.05, 4.69) is 10.3 Å². The molecule has 3 rings (SSSR count). The Morgan fingerprint density at radius 2 is 1.92 bits per heavy atom. The first-order valence-electron chi connectivity index (χ1n) is 8.27. The Hall–Kier alpha value is -2.31. The van der Waals surface area contributed by atoms with Gasteiger partial charge in [-0.1, -0.05) is 54.6 Å². The number of carbonyl (C=O) groups is 1. The molecule has 5 nitrogen and oxygen atoms in total. The van der Waals surface area contributed by atoms with Gasteiger partial charge in [0.25, 0.3) is 5.56 Å². The number of anilines is 1. The van der Waals surface area contributed by atoms with Crippen LogP contribution in [0, 0.1) is 0 Å². The second-order valence-corrected chi connectivity index (χ2v) is 7.03. The van der Waals surface area contributed by atoms with Crippen LogP contribution in [-0.4, -0.2) is 21.2 Å². The number of hydrogen-bond acceptors (Lipinski definition) is 4. The molecule has 134 valence electrons. The number of para-hydroxylation sites is 2. The summed E-state index contributed by atoms with van der Waals surface area (Å²) >= 11 is 7.30. The monoisotopic (exact) mass is 387 g/mol. The fourth-order valence-electron chi connectivity index (χ4n) is 2.56. The molecule has 0 unspecified atom stereocenters. The lowest BCUT2D eigenvalue weighted by molar-refractivity contribution is -0.113. The van der Waals surface area contributed by atoms with E-state index in [1.54, 1.807) is 41.0 Å². The van der Waals surface area contributed by atoms with E-state index in [1.807, 2.05) is 19.1 Å². The van der Waals surface area contributed by atoms with Gasteiger partial charge in [-0.15, -0.1) is 0 Å². The Labute approximate surface area is 160 Å². The Kier molecular flexibility index (Phi) is 5.96. The van der Waals surface area contributed by atoms with Crippen LogP contribution in [0.1, 0.15) is 13.3 Å². The Morgan fingerprint density at radius 1 is 1.19 bits per heavy atom. The van der Waals surface area contributed by atoms with Crippen molar-refractivity contribution in [3.05, 3.63) is 63.9 Å². The molecule has 1 N–H and O–H groups in total. The number of amides is 1. The van der Waals surface area contributed by atoms with Crippen LogP contribution in [0.5, 0.6) is 0 Å². The highest BCUT2D eigenvalue weighted by Gasteiger charge is 2.13. The molecule has 0 saturated carbocycles. The molecule has 3 aromatic rings. The van der Waals surface area contributed by atoms with E-state index in [4.69, 9.17) is 11.6 Å². The zero-order valence-corrected chi connectivity index (χ0v) is 15.8. The van der Waals surface area contributed by atoms with Crippen LogP contribution in [0.15, 0.2) is 58.5 Å². The number of thioether (sulfide) groups is 1. The van der Waals surface area contributed by atoms with Crippen LogP contribution in [-0.2, 0) is 11.3 Å². The van der Waals surface area contributed by atoms with E-state index in [0.29, 0.717) is 33.3 Å². The average molecular weight is 388 g/mol. The summed E-state index contributed by atoms with van der Waals surface area (Å²) in [6.07, 6.45) is 0.805. The van der Waals surface area contributed by atoms with Gasteiger partial charge in [-0.25, -0.2) is 4.98 Å². The number of benzene rings is 2. The summed E-state index contributed by atoms with van der Waals surface area (Å²) in [6.45, 7) is 2.56. The molecule has 0 spiro atoms. The highest BCUT2D eigenvalue weighted by atomic mass is 35.5. The van der Waals surface area contributed by atoms with Crippen LogP contribution in [0.25, 0.3) is 10.9 Å². The second-order valence-electron chi connectivity index (χ2n) is 5.69. The molecule has 0 saturated heterocycles. The van der Waals surface area contributed by atoms with Crippen LogP contribution < -0.4 is 10.9 Å². The van der Waals surface area contributed by atoms with E-state index in [-0.39, 0.29) is 17.2 Å². The van der Waals surface area contributed by atoms with Gasteiger partial charge in [-0.2, -0.15) is 0 Å². The summed E-state index contributed by atoms with van der Waals surface area (Å²) in [6, 6.07) is 14.3. The van der Waals surface area contributed by atoms with Crippen molar-refractivity contribution < 1.29 is 4.79 Å². The molecule has 0 aliphatic heterocycles. The predicted molar refractivity (Wildman–Crippen MR) is 107 cm³/mol. The van der Waals surface area contributed by atoms with Gasteiger partial charge in [0.1, 0.15) is 0 Å². The zero-order chi connectivity index (χ0) is 18.5. The van der Waals surface area contributed by atoms with Gasteiger partial charge in [-0.05, 0) is 30.7 Å². The van der Waals surface area contributed by atoms with E-state index in [9.17, 15) is 9.59 Å². The molecule has 0 fully saturated rings. The number of hydrogen-bond donors (Lipinski definition) is 1. The summed E-state index contributed by atoms with van der Waals surface area (Å²) in [5, 5.41) is 4.40. The summed E-state index contributed by atoms with van der Waals surface area (Å²) in [5.41, 5.74) is 1.13. The first-order valence-corrected chi connectivity index (χ1v) is 9.63. The summed E-state index contributed by atoms with van der Waals surface area (Å²) in [5.74, 6) is -0.0618. The number of carbonyl (C=O) groups excluding carboxylic acids is 1. The van der Waals surface area contributed by atoms with Gasteiger partial charge in [-0.3, -0.25) is 14.2 Å². The van der Waals surface area contributed by atoms with Gasteiger partial charge in [0.15, 0.2) is 5.16 Å². The number of fused-ring (bicyclic) bond motifs is 1. The SMILES string of the molecule is CCCn1c(SCC(=O)Nc2ccccc2Cl)nc2ccccc2c1=O. The van der Waals surface area contributed by atoms with Crippen molar-refractivity contribution in [1.82, 2.24) is 9.55 Å². The minimum Gasteiger partial charge on any atom is -0.324 e. The van der Waals surface area contributed by atoms with E-state index in [1.165, 1.54) is 11.8 Å². The van der Waals surface area contributed by atoms with E-state index >= 15 is 0 Å². The fourth-order valence-corrected chi connectivity index (χ4v) is 3.57. The Morgan fingerprint density at radius 3 is 2.69 bits per heavy atom. The molecule has 7 heteroatoms. The topological polar surface area (TPSA) is 64.0 Å². The van der Waals surface area contributed by atoms with Crippen molar-refractivity contribution in [3.63, 3.8) is 0 Å². The minimum atomic E-state index is -0.200. The summed E-state index contributed by atoms with van der Waals surface area (Å²) in [4.78, 5) is 29.5. The Balaban J connectivity index is 1.81. The third-order valence-electron chi connectivity index (χ3n) is 3.75. The third-order valence-corrected chi connectivity index (χ3v) is 5.06. The maximum absolute atomic E-state index is 12.7. The number of rotatable bonds is 6. The molecule has 1 amide bonds. The lowest BCUT2D eigenvalue weighted by Crippen LogP contribution is -2.24. The molecule has 0 aliphatic carbocycles. The predicted octanol–water partition coefficient (Wildman–Crippen LogP) is 4.19. The highest BCUT2D eigenvalue weighted by Crippen LogP contribution is 2.22. The molecule has 2 aromatic carbocycles. The van der Waals surface area contributed by atoms with E-state index < -0.39 is 0 Å². The largest absolute Gasteiger partial charge is 0.324 e. The molecular weight excluding hydrogens is 370 g/mol. The first-order chi connectivity index (χ1) is 12.6. The zero-order valence-electron chi connectivity index (χ0n) is 14.2. The molecule has 0 radical (unpaired) electrons. The maximum atomic E-state index is 12.7. The normalized spacial score (nSPS) is 10.8. The van der Waals surface area contributed by atoms with Crippen molar-refractivity contribution >= 4 is 45.9 Å². The molecule has 0 aliphatic rings.